The fourth-order valence-electron chi connectivity index (χ4n) is 1.44. The maximum absolute atomic E-state index is 12.4. The molecule has 0 bridgehead atoms. The Labute approximate surface area is 108 Å². The van der Waals surface area contributed by atoms with Gasteiger partial charge in [0.25, 0.3) is 0 Å². The highest BCUT2D eigenvalue weighted by molar-refractivity contribution is 7.11. The lowest BCUT2D eigenvalue weighted by Crippen LogP contribution is -2.34. The molecular weight excluding hydrogens is 296 g/mol. The van der Waals surface area contributed by atoms with E-state index in [9.17, 15) is 26.3 Å². The number of hydrogen-bond acceptors (Lipinski definition) is 4. The molecule has 1 N–H and O–H groups in total. The molecule has 108 valence electrons. The van der Waals surface area contributed by atoms with E-state index in [0.29, 0.717) is 11.3 Å². The van der Waals surface area contributed by atoms with E-state index in [1.165, 1.54) is 0 Å². The van der Waals surface area contributed by atoms with E-state index in [2.05, 4.69) is 15.5 Å². The molecule has 19 heavy (non-hydrogen) atoms. The largest absolute Gasteiger partial charge is 0.406 e. The Morgan fingerprint density at radius 1 is 1.11 bits per heavy atom. The minimum Gasteiger partial charge on any atom is -0.308 e. The number of nitrogens with zero attached hydrogens (tertiary/aromatic N) is 2. The number of halogens is 6. The molecule has 1 aromatic rings. The molecule has 0 saturated heterocycles. The van der Waals surface area contributed by atoms with Crippen molar-refractivity contribution in [1.29, 1.82) is 0 Å². The quantitative estimate of drug-likeness (QED) is 0.869. The van der Waals surface area contributed by atoms with Crippen LogP contribution in [0.1, 0.15) is 28.8 Å². The molecule has 0 amide bonds. The predicted octanol–water partition coefficient (Wildman–Crippen LogP) is 3.00. The van der Waals surface area contributed by atoms with Gasteiger partial charge in [0.1, 0.15) is 10.0 Å². The highest BCUT2D eigenvalue weighted by Gasteiger charge is 2.59. The van der Waals surface area contributed by atoms with Crippen LogP contribution in [-0.2, 0) is 6.54 Å². The van der Waals surface area contributed by atoms with Gasteiger partial charge in [-0.05, 0) is 12.8 Å². The van der Waals surface area contributed by atoms with Crippen LogP contribution in [-0.4, -0.2) is 28.6 Å². The van der Waals surface area contributed by atoms with Crippen LogP contribution in [0.25, 0.3) is 0 Å². The minimum absolute atomic E-state index is 0.125. The molecule has 0 aromatic carbocycles. The molecule has 1 saturated carbocycles. The van der Waals surface area contributed by atoms with E-state index in [4.69, 9.17) is 0 Å². The number of alkyl halides is 6. The zero-order valence-corrected chi connectivity index (χ0v) is 10.2. The number of nitrogens with one attached hydrogen (secondary N) is 1. The van der Waals surface area contributed by atoms with Gasteiger partial charge in [-0.2, -0.15) is 26.3 Å². The third-order valence-electron chi connectivity index (χ3n) is 2.50. The fraction of sp³-hybridized carbons (Fsp3) is 0.778. The Bertz CT molecular complexity index is 422. The maximum Gasteiger partial charge on any atom is 0.406 e. The average molecular weight is 305 g/mol. The number of aromatic nitrogens is 2. The first-order valence-corrected chi connectivity index (χ1v) is 6.18. The molecule has 1 aromatic heterocycles. The van der Waals surface area contributed by atoms with E-state index in [-0.39, 0.29) is 17.6 Å². The van der Waals surface area contributed by atoms with Crippen LogP contribution in [0.2, 0.25) is 0 Å². The molecule has 1 aliphatic rings. The third kappa shape index (κ3) is 3.78. The molecule has 0 aliphatic heterocycles. The summed E-state index contributed by atoms with van der Waals surface area (Å²) in [5.41, 5.74) is 0. The van der Waals surface area contributed by atoms with Crippen LogP contribution in [0.5, 0.6) is 0 Å². The third-order valence-corrected chi connectivity index (χ3v) is 3.49. The van der Waals surface area contributed by atoms with Gasteiger partial charge in [-0.3, -0.25) is 0 Å². The zero-order valence-electron chi connectivity index (χ0n) is 9.35. The lowest BCUT2D eigenvalue weighted by molar-refractivity contribution is -0.253. The summed E-state index contributed by atoms with van der Waals surface area (Å²) >= 11 is 0.340. The Balaban J connectivity index is 2.12. The Kier molecular flexibility index (Phi) is 3.74. The van der Waals surface area contributed by atoms with Crippen LogP contribution >= 0.6 is 11.3 Å². The summed E-state index contributed by atoms with van der Waals surface area (Å²) in [7, 11) is 0. The van der Waals surface area contributed by atoms with Crippen molar-refractivity contribution in [2.75, 3.05) is 0 Å². The normalized spacial score (nSPS) is 17.2. The minimum atomic E-state index is -5.42. The van der Waals surface area contributed by atoms with E-state index in [1.54, 1.807) is 0 Å². The van der Waals surface area contributed by atoms with Gasteiger partial charge < -0.3 is 5.32 Å². The summed E-state index contributed by atoms with van der Waals surface area (Å²) in [5, 5.41) is 8.42. The molecular formula is C9H9F6N3S. The predicted molar refractivity (Wildman–Crippen MR) is 54.6 cm³/mol. The van der Waals surface area contributed by atoms with Gasteiger partial charge in [0, 0.05) is 12.6 Å². The number of rotatable bonds is 4. The van der Waals surface area contributed by atoms with E-state index < -0.39 is 23.3 Å². The summed E-state index contributed by atoms with van der Waals surface area (Å²) in [5.74, 6) is -3.56. The van der Waals surface area contributed by atoms with Crippen LogP contribution in [0, 0.1) is 0 Å². The van der Waals surface area contributed by atoms with E-state index >= 15 is 0 Å². The second-order valence-corrected chi connectivity index (χ2v) is 5.30. The van der Waals surface area contributed by atoms with Crippen LogP contribution in [0.4, 0.5) is 26.3 Å². The first-order chi connectivity index (χ1) is 8.68. The highest BCUT2D eigenvalue weighted by Crippen LogP contribution is 2.46. The maximum atomic E-state index is 12.4. The molecule has 0 atom stereocenters. The lowest BCUT2D eigenvalue weighted by atomic mass is 10.1. The van der Waals surface area contributed by atoms with Gasteiger partial charge in [0.05, 0.1) is 0 Å². The second-order valence-electron chi connectivity index (χ2n) is 4.21. The van der Waals surface area contributed by atoms with Gasteiger partial charge in [0.2, 0.25) is 5.92 Å². The smallest absolute Gasteiger partial charge is 0.308 e. The summed E-state index contributed by atoms with van der Waals surface area (Å²) in [6.45, 7) is 0.144. The summed E-state index contributed by atoms with van der Waals surface area (Å²) in [4.78, 5) is 0. The van der Waals surface area contributed by atoms with Gasteiger partial charge >= 0.3 is 12.4 Å². The average Bonchev–Trinajstić information content (AvgIpc) is 2.93. The molecule has 1 fully saturated rings. The molecule has 1 heterocycles. The summed E-state index contributed by atoms with van der Waals surface area (Å²) in [6, 6.07) is 0.286. The van der Waals surface area contributed by atoms with E-state index in [0.717, 1.165) is 12.8 Å². The molecule has 10 heteroatoms. The van der Waals surface area contributed by atoms with Crippen molar-refractivity contribution < 1.29 is 26.3 Å². The van der Waals surface area contributed by atoms with Crippen molar-refractivity contribution in [3.8, 4) is 0 Å². The summed E-state index contributed by atoms with van der Waals surface area (Å²) in [6.07, 6.45) is -8.92. The Morgan fingerprint density at radius 2 is 1.68 bits per heavy atom. The molecule has 0 spiro atoms. The highest BCUT2D eigenvalue weighted by atomic mass is 32.1. The standard InChI is InChI=1S/C9H9F6N3S/c10-8(11,12)6(9(13,14)15)7-18-17-5(19-7)3-16-4-1-2-4/h4,6,16H,1-3H2. The monoisotopic (exact) mass is 305 g/mol. The molecule has 3 nitrogen and oxygen atoms in total. The molecule has 0 unspecified atom stereocenters. The second kappa shape index (κ2) is 4.89. The molecule has 0 radical (unpaired) electrons. The SMILES string of the molecule is FC(F)(F)C(c1nnc(CNC2CC2)s1)C(F)(F)F. The molecule has 1 aliphatic carbocycles. The van der Waals surface area contributed by atoms with Crippen molar-refractivity contribution in [2.24, 2.45) is 0 Å². The molecule has 2 rings (SSSR count). The van der Waals surface area contributed by atoms with Crippen molar-refractivity contribution in [1.82, 2.24) is 15.5 Å². The van der Waals surface area contributed by atoms with Crippen molar-refractivity contribution in [3.05, 3.63) is 10.0 Å². The Morgan fingerprint density at radius 3 is 2.16 bits per heavy atom. The van der Waals surface area contributed by atoms with Crippen LogP contribution in [0.15, 0.2) is 0 Å². The fourth-order valence-corrected chi connectivity index (χ4v) is 2.38. The van der Waals surface area contributed by atoms with Gasteiger partial charge in [-0.15, -0.1) is 10.2 Å². The lowest BCUT2D eigenvalue weighted by Gasteiger charge is -2.20. The first kappa shape index (κ1) is 14.5. The van der Waals surface area contributed by atoms with Crippen LogP contribution < -0.4 is 5.32 Å². The number of hydrogen-bond donors (Lipinski definition) is 1. The van der Waals surface area contributed by atoms with Gasteiger partial charge in [0.15, 0.2) is 0 Å². The van der Waals surface area contributed by atoms with Gasteiger partial charge in [-0.1, -0.05) is 11.3 Å². The topological polar surface area (TPSA) is 37.8 Å². The van der Waals surface area contributed by atoms with Crippen molar-refractivity contribution in [2.45, 2.75) is 43.7 Å². The zero-order chi connectivity index (χ0) is 14.3. The van der Waals surface area contributed by atoms with Crippen molar-refractivity contribution in [3.63, 3.8) is 0 Å². The van der Waals surface area contributed by atoms with Crippen LogP contribution in [0.3, 0.4) is 0 Å². The van der Waals surface area contributed by atoms with Gasteiger partial charge in [-0.25, -0.2) is 0 Å². The van der Waals surface area contributed by atoms with E-state index in [1.807, 2.05) is 0 Å². The first-order valence-electron chi connectivity index (χ1n) is 5.37. The van der Waals surface area contributed by atoms with Crippen molar-refractivity contribution >= 4 is 11.3 Å². The Hall–Kier alpha value is -0.900. The summed E-state index contributed by atoms with van der Waals surface area (Å²) < 4.78 is 74.6.